The maximum Gasteiger partial charge on any atom is 0.251 e. The van der Waals surface area contributed by atoms with Crippen LogP contribution in [-0.2, 0) is 4.79 Å². The lowest BCUT2D eigenvalue weighted by Gasteiger charge is -2.23. The van der Waals surface area contributed by atoms with E-state index in [-0.39, 0.29) is 0 Å². The average molecular weight is 149 g/mol. The highest BCUT2D eigenvalue weighted by atomic mass is 16.4. The number of rotatable bonds is 3. The van der Waals surface area contributed by atoms with Crippen LogP contribution >= 0.6 is 0 Å². The molecule has 5 nitrogen and oxygen atoms in total. The molecule has 5 N–H and O–H groups in total. The van der Waals surface area contributed by atoms with Crippen LogP contribution in [0.25, 0.3) is 0 Å². The molecular weight excluding hydrogens is 138 g/mol. The Hall–Kier alpha value is -0.650. The van der Waals surface area contributed by atoms with Gasteiger partial charge in [-0.3, -0.25) is 4.79 Å². The van der Waals surface area contributed by atoms with Gasteiger partial charge in [0, 0.05) is 0 Å². The molecule has 0 aromatic carbocycles. The van der Waals surface area contributed by atoms with Crippen molar-refractivity contribution in [2.45, 2.75) is 18.6 Å². The van der Waals surface area contributed by atoms with Crippen LogP contribution in [0.1, 0.15) is 6.92 Å². The van der Waals surface area contributed by atoms with Gasteiger partial charge < -0.3 is 21.1 Å². The summed E-state index contributed by atoms with van der Waals surface area (Å²) in [6.45, 7) is 0.339. The van der Waals surface area contributed by atoms with Crippen molar-refractivity contribution in [3.05, 3.63) is 0 Å². The largest absolute Gasteiger partial charge is 0.394 e. The molecule has 0 bridgehead atoms. The van der Waals surface area contributed by atoms with Gasteiger partial charge in [-0.1, -0.05) is 0 Å². The van der Waals surface area contributed by atoms with E-state index in [9.17, 15) is 4.79 Å². The molecule has 0 aromatic heterocycles. The number of aliphatic hydroxyl groups excluding tert-OH is 2. The van der Waals surface area contributed by atoms with E-state index in [4.69, 9.17) is 15.3 Å². The van der Waals surface area contributed by atoms with Crippen LogP contribution in [0.15, 0.2) is 0 Å². The molecule has 0 radical (unpaired) electrons. The SMILES string of the molecule is CC(O)(C(N)=O)C(O)CO. The fraction of sp³-hybridized carbons (Fsp3) is 0.800. The van der Waals surface area contributed by atoms with Crippen LogP contribution in [0.3, 0.4) is 0 Å². The Labute approximate surface area is 58.1 Å². The number of aliphatic hydroxyl groups is 3. The first kappa shape index (κ1) is 9.35. The molecule has 0 rings (SSSR count). The highest BCUT2D eigenvalue weighted by Gasteiger charge is 2.35. The highest BCUT2D eigenvalue weighted by molar-refractivity contribution is 5.83. The van der Waals surface area contributed by atoms with Crippen molar-refractivity contribution in [1.29, 1.82) is 0 Å². The van der Waals surface area contributed by atoms with E-state index < -0.39 is 24.2 Å². The van der Waals surface area contributed by atoms with Gasteiger partial charge in [-0.2, -0.15) is 0 Å². The summed E-state index contributed by atoms with van der Waals surface area (Å²) in [4.78, 5) is 10.3. The molecule has 60 valence electrons. The molecule has 2 atom stereocenters. The molecule has 0 fully saturated rings. The Bertz CT molecular complexity index is 134. The number of nitrogens with two attached hydrogens (primary N) is 1. The molecule has 0 aliphatic heterocycles. The van der Waals surface area contributed by atoms with Gasteiger partial charge in [0.1, 0.15) is 6.10 Å². The number of carbonyl (C=O) groups excluding carboxylic acids is 1. The predicted molar refractivity (Wildman–Crippen MR) is 32.9 cm³/mol. The first-order valence-electron chi connectivity index (χ1n) is 2.74. The minimum absolute atomic E-state index is 0.698. The molecule has 0 heterocycles. The molecule has 0 aliphatic rings. The lowest BCUT2D eigenvalue weighted by atomic mass is 9.99. The summed E-state index contributed by atoms with van der Waals surface area (Å²) in [6, 6.07) is 0. The molecule has 0 saturated heterocycles. The van der Waals surface area contributed by atoms with Gasteiger partial charge in [0.25, 0.3) is 5.91 Å². The molecule has 0 aromatic rings. The number of amides is 1. The molecule has 1 amide bonds. The predicted octanol–water partition coefficient (Wildman–Crippen LogP) is -2.42. The van der Waals surface area contributed by atoms with Crippen LogP contribution in [-0.4, -0.2) is 39.5 Å². The third kappa shape index (κ3) is 1.66. The number of primary amides is 1. The lowest BCUT2D eigenvalue weighted by molar-refractivity contribution is -0.149. The second kappa shape index (κ2) is 2.96. The first-order chi connectivity index (χ1) is 4.42. The van der Waals surface area contributed by atoms with Crippen LogP contribution in [0.5, 0.6) is 0 Å². The van der Waals surface area contributed by atoms with Gasteiger partial charge >= 0.3 is 0 Å². The van der Waals surface area contributed by atoms with Gasteiger partial charge in [-0.25, -0.2) is 0 Å². The smallest absolute Gasteiger partial charge is 0.251 e. The zero-order valence-corrected chi connectivity index (χ0v) is 5.61. The van der Waals surface area contributed by atoms with Gasteiger partial charge in [-0.05, 0) is 6.92 Å². The molecule has 10 heavy (non-hydrogen) atoms. The monoisotopic (exact) mass is 149 g/mol. The Morgan fingerprint density at radius 2 is 2.20 bits per heavy atom. The summed E-state index contributed by atoms with van der Waals surface area (Å²) in [6.07, 6.45) is -1.52. The van der Waals surface area contributed by atoms with Crippen molar-refractivity contribution in [2.75, 3.05) is 6.61 Å². The van der Waals surface area contributed by atoms with E-state index in [1.807, 2.05) is 0 Å². The van der Waals surface area contributed by atoms with Crippen molar-refractivity contribution in [3.63, 3.8) is 0 Å². The summed E-state index contributed by atoms with van der Waals surface area (Å²) in [5, 5.41) is 26.0. The van der Waals surface area contributed by atoms with Gasteiger partial charge in [0.05, 0.1) is 6.61 Å². The standard InChI is InChI=1S/C5H11NO4/c1-5(10,4(6)9)3(8)2-7/h3,7-8,10H,2H2,1H3,(H2,6,9). The van der Waals surface area contributed by atoms with Crippen LogP contribution in [0.4, 0.5) is 0 Å². The Morgan fingerprint density at radius 3 is 2.30 bits per heavy atom. The first-order valence-corrected chi connectivity index (χ1v) is 2.74. The molecule has 0 aliphatic carbocycles. The highest BCUT2D eigenvalue weighted by Crippen LogP contribution is 2.07. The number of hydrogen-bond acceptors (Lipinski definition) is 4. The fourth-order valence-corrected chi connectivity index (χ4v) is 0.342. The summed E-state index contributed by atoms with van der Waals surface area (Å²) in [7, 11) is 0. The van der Waals surface area contributed by atoms with E-state index in [1.165, 1.54) is 0 Å². The van der Waals surface area contributed by atoms with E-state index in [0.29, 0.717) is 0 Å². The van der Waals surface area contributed by atoms with E-state index in [1.54, 1.807) is 0 Å². The second-order valence-electron chi connectivity index (χ2n) is 2.21. The maximum atomic E-state index is 10.3. The Morgan fingerprint density at radius 1 is 1.80 bits per heavy atom. The Kier molecular flexibility index (Phi) is 2.77. The fourth-order valence-electron chi connectivity index (χ4n) is 0.342. The van der Waals surface area contributed by atoms with Gasteiger partial charge in [-0.15, -0.1) is 0 Å². The van der Waals surface area contributed by atoms with Crippen molar-refractivity contribution < 1.29 is 20.1 Å². The molecule has 2 unspecified atom stereocenters. The van der Waals surface area contributed by atoms with Crippen molar-refractivity contribution in [3.8, 4) is 0 Å². The number of hydrogen-bond donors (Lipinski definition) is 4. The second-order valence-corrected chi connectivity index (χ2v) is 2.21. The summed E-state index contributed by atoms with van der Waals surface area (Å²) in [5.41, 5.74) is 2.64. The van der Waals surface area contributed by atoms with E-state index in [0.717, 1.165) is 6.92 Å². The zero-order valence-electron chi connectivity index (χ0n) is 5.61. The average Bonchev–Trinajstić information content (AvgIpc) is 1.86. The third-order valence-electron chi connectivity index (χ3n) is 1.32. The quantitative estimate of drug-likeness (QED) is 0.358. The maximum absolute atomic E-state index is 10.3. The number of carbonyl (C=O) groups is 1. The van der Waals surface area contributed by atoms with Gasteiger partial charge in [0.2, 0.25) is 0 Å². The van der Waals surface area contributed by atoms with Crippen LogP contribution in [0, 0.1) is 0 Å². The van der Waals surface area contributed by atoms with Crippen LogP contribution < -0.4 is 5.73 Å². The topological polar surface area (TPSA) is 104 Å². The van der Waals surface area contributed by atoms with Crippen molar-refractivity contribution in [2.24, 2.45) is 5.73 Å². The van der Waals surface area contributed by atoms with Gasteiger partial charge in [0.15, 0.2) is 5.60 Å². The van der Waals surface area contributed by atoms with E-state index in [2.05, 4.69) is 5.73 Å². The summed E-state index contributed by atoms with van der Waals surface area (Å²) < 4.78 is 0. The Balaban J connectivity index is 4.23. The molecular formula is C5H11NO4. The minimum Gasteiger partial charge on any atom is -0.394 e. The summed E-state index contributed by atoms with van der Waals surface area (Å²) in [5.74, 6) is -1.06. The minimum atomic E-state index is -2.05. The van der Waals surface area contributed by atoms with E-state index >= 15 is 0 Å². The molecule has 0 spiro atoms. The zero-order chi connectivity index (χ0) is 8.36. The molecule has 0 saturated carbocycles. The third-order valence-corrected chi connectivity index (χ3v) is 1.32. The van der Waals surface area contributed by atoms with Crippen LogP contribution in [0.2, 0.25) is 0 Å². The molecule has 5 heteroatoms. The lowest BCUT2D eigenvalue weighted by Crippen LogP contribution is -2.52. The summed E-state index contributed by atoms with van der Waals surface area (Å²) >= 11 is 0. The van der Waals surface area contributed by atoms with Crippen molar-refractivity contribution >= 4 is 5.91 Å². The van der Waals surface area contributed by atoms with Crippen molar-refractivity contribution in [1.82, 2.24) is 0 Å². The normalized spacial score (nSPS) is 19.6.